The van der Waals surface area contributed by atoms with Crippen LogP contribution in [0.1, 0.15) is 5.56 Å². The summed E-state index contributed by atoms with van der Waals surface area (Å²) in [5.41, 5.74) is 2.88. The van der Waals surface area contributed by atoms with E-state index >= 15 is 0 Å². The van der Waals surface area contributed by atoms with Crippen molar-refractivity contribution in [3.05, 3.63) is 84.7 Å². The molecule has 3 aromatic carbocycles. The van der Waals surface area contributed by atoms with Crippen LogP contribution in [0.15, 0.2) is 79.1 Å². The molecule has 1 saturated heterocycles. The van der Waals surface area contributed by atoms with E-state index in [2.05, 4.69) is 20.2 Å². The van der Waals surface area contributed by atoms with Gasteiger partial charge in [-0.05, 0) is 48.0 Å². The third-order valence-electron chi connectivity index (χ3n) is 5.92. The normalized spacial score (nSPS) is 14.7. The molecular weight excluding hydrogens is 460 g/mol. The van der Waals surface area contributed by atoms with E-state index in [1.165, 1.54) is 0 Å². The number of benzene rings is 3. The van der Waals surface area contributed by atoms with Crippen LogP contribution in [0, 0.1) is 0 Å². The van der Waals surface area contributed by atoms with Gasteiger partial charge in [-0.25, -0.2) is 9.97 Å². The van der Waals surface area contributed by atoms with E-state index < -0.39 is 11.2 Å². The van der Waals surface area contributed by atoms with Gasteiger partial charge in [-0.3, -0.25) is 4.90 Å². The molecule has 2 heterocycles. The van der Waals surface area contributed by atoms with Gasteiger partial charge >= 0.3 is 0 Å². The molecule has 5 rings (SSSR count). The number of ether oxygens (including phenoxy) is 2. The summed E-state index contributed by atoms with van der Waals surface area (Å²) in [6.45, 7) is 3.67. The third kappa shape index (κ3) is 6.42. The highest BCUT2D eigenvalue weighted by Gasteiger charge is 2.18. The number of nitrogens with one attached hydrogen (secondary N) is 1. The van der Waals surface area contributed by atoms with Crippen LogP contribution in [0.2, 0.25) is 0 Å². The summed E-state index contributed by atoms with van der Waals surface area (Å²) in [6, 6.07) is 23.8. The van der Waals surface area contributed by atoms with Gasteiger partial charge in [0.25, 0.3) is 0 Å². The van der Waals surface area contributed by atoms with Gasteiger partial charge in [0, 0.05) is 30.7 Å². The summed E-state index contributed by atoms with van der Waals surface area (Å²) in [5.74, 6) is 3.81. The molecule has 1 fully saturated rings. The molecule has 0 spiro atoms. The topological polar surface area (TPSA) is 82.6 Å². The molecule has 0 radical (unpaired) electrons. The number of hydrogen-bond acceptors (Lipinski definition) is 7. The smallest absolute Gasteiger partial charge is 0.141 e. The monoisotopic (exact) mass is 488 g/mol. The molecule has 1 aliphatic heterocycles. The second-order valence-corrected chi connectivity index (χ2v) is 10.1. The first-order valence-corrected chi connectivity index (χ1v) is 13.2. The van der Waals surface area contributed by atoms with Crippen molar-refractivity contribution < 1.29 is 14.0 Å². The molecule has 0 atom stereocenters. The fraction of sp³-hybridized carbons (Fsp3) is 0.259. The Kier molecular flexibility index (Phi) is 7.62. The molecule has 1 aliphatic rings. The Morgan fingerprint density at radius 2 is 1.66 bits per heavy atom. The van der Waals surface area contributed by atoms with E-state index in [9.17, 15) is 4.55 Å². The maximum atomic E-state index is 11.5. The lowest BCUT2D eigenvalue weighted by molar-refractivity contribution is 0.220. The van der Waals surface area contributed by atoms with Crippen LogP contribution in [0.4, 0.5) is 11.5 Å². The van der Waals surface area contributed by atoms with Crippen LogP contribution in [0.5, 0.6) is 11.5 Å². The number of anilines is 2. The molecule has 7 nitrogen and oxygen atoms in total. The predicted molar refractivity (Wildman–Crippen MR) is 140 cm³/mol. The predicted octanol–water partition coefficient (Wildman–Crippen LogP) is 4.40. The zero-order valence-corrected chi connectivity index (χ0v) is 20.2. The first-order chi connectivity index (χ1) is 17.2. The highest BCUT2D eigenvalue weighted by Crippen LogP contribution is 2.27. The minimum absolute atomic E-state index is 0.532. The van der Waals surface area contributed by atoms with Crippen LogP contribution in [0.3, 0.4) is 0 Å². The molecule has 1 N–H and O–H groups in total. The molecular formula is C27H28N4O3S. The van der Waals surface area contributed by atoms with Gasteiger partial charge < -0.3 is 19.3 Å². The quantitative estimate of drug-likeness (QED) is 0.350. The van der Waals surface area contributed by atoms with E-state index in [1.807, 2.05) is 72.8 Å². The van der Waals surface area contributed by atoms with Gasteiger partial charge in [0.05, 0.1) is 5.52 Å². The Morgan fingerprint density at radius 1 is 0.886 bits per heavy atom. The van der Waals surface area contributed by atoms with E-state index in [0.717, 1.165) is 70.6 Å². The van der Waals surface area contributed by atoms with Crippen LogP contribution in [-0.2, 0) is 17.8 Å². The fourth-order valence-electron chi connectivity index (χ4n) is 3.93. The van der Waals surface area contributed by atoms with Gasteiger partial charge in [-0.2, -0.15) is 0 Å². The first kappa shape index (κ1) is 23.4. The molecule has 0 amide bonds. The Hall–Kier alpha value is -3.33. The van der Waals surface area contributed by atoms with Crippen molar-refractivity contribution >= 4 is 33.6 Å². The minimum atomic E-state index is -0.659. The molecule has 1 aromatic heterocycles. The van der Waals surface area contributed by atoms with Crippen molar-refractivity contribution in [2.45, 2.75) is 6.61 Å². The Bertz CT molecular complexity index is 1230. The standard InChI is InChI=1S/C27H28N4O3S/c32-35-16-13-31(14-17-35)12-15-33-24-10-11-26-25(18-24)27(29-20-28-26)30-22-6-8-23(9-7-22)34-19-21-4-2-1-3-5-21/h1-11,18,20H,12-17,19H2,(H,28,29,30). The zero-order chi connectivity index (χ0) is 23.9. The Morgan fingerprint density at radius 3 is 2.46 bits per heavy atom. The highest BCUT2D eigenvalue weighted by molar-refractivity contribution is 7.91. The van der Waals surface area contributed by atoms with E-state index in [0.29, 0.717) is 13.2 Å². The van der Waals surface area contributed by atoms with Crippen LogP contribution >= 0.6 is 0 Å². The number of hydrogen-bond donors (Lipinski definition) is 1. The second-order valence-electron chi connectivity index (χ2n) is 8.36. The van der Waals surface area contributed by atoms with Crippen molar-refractivity contribution in [2.24, 2.45) is 0 Å². The van der Waals surface area contributed by atoms with Crippen molar-refractivity contribution in [3.8, 4) is 11.5 Å². The summed E-state index contributed by atoms with van der Waals surface area (Å²) in [4.78, 5) is 11.1. The number of nitrogens with zero attached hydrogens (tertiary/aromatic N) is 3. The largest absolute Gasteiger partial charge is 0.616 e. The van der Waals surface area contributed by atoms with E-state index in [1.54, 1.807) is 6.33 Å². The summed E-state index contributed by atoms with van der Waals surface area (Å²) < 4.78 is 23.4. The zero-order valence-electron chi connectivity index (χ0n) is 19.4. The van der Waals surface area contributed by atoms with Crippen LogP contribution in [0.25, 0.3) is 10.9 Å². The van der Waals surface area contributed by atoms with Gasteiger partial charge in [0.1, 0.15) is 48.4 Å². The lowest BCUT2D eigenvalue weighted by Crippen LogP contribution is -2.42. The van der Waals surface area contributed by atoms with Crippen molar-refractivity contribution in [2.75, 3.05) is 43.1 Å². The SMILES string of the molecule is [O-][S+]1CCN(CCOc2ccc3ncnc(Nc4ccc(OCc5ccccc5)cc4)c3c2)CC1. The maximum absolute atomic E-state index is 11.5. The fourth-order valence-corrected chi connectivity index (χ4v) is 5.06. The van der Waals surface area contributed by atoms with Gasteiger partial charge in [-0.15, -0.1) is 0 Å². The highest BCUT2D eigenvalue weighted by atomic mass is 32.2. The van der Waals surface area contributed by atoms with E-state index in [-0.39, 0.29) is 0 Å². The van der Waals surface area contributed by atoms with Gasteiger partial charge in [0.2, 0.25) is 0 Å². The molecule has 0 unspecified atom stereocenters. The number of aromatic nitrogens is 2. The molecule has 180 valence electrons. The van der Waals surface area contributed by atoms with Gasteiger partial charge in [-0.1, -0.05) is 41.5 Å². The molecule has 0 aliphatic carbocycles. The lowest BCUT2D eigenvalue weighted by Gasteiger charge is -2.27. The summed E-state index contributed by atoms with van der Waals surface area (Å²) in [5, 5.41) is 4.28. The summed E-state index contributed by atoms with van der Waals surface area (Å²) in [6.07, 6.45) is 1.56. The van der Waals surface area contributed by atoms with Crippen molar-refractivity contribution in [1.29, 1.82) is 0 Å². The lowest BCUT2D eigenvalue weighted by atomic mass is 10.2. The average Bonchev–Trinajstić information content (AvgIpc) is 2.90. The number of rotatable bonds is 9. The molecule has 0 bridgehead atoms. The summed E-state index contributed by atoms with van der Waals surface area (Å²) >= 11 is -0.659. The molecule has 35 heavy (non-hydrogen) atoms. The average molecular weight is 489 g/mol. The first-order valence-electron chi connectivity index (χ1n) is 11.7. The van der Waals surface area contributed by atoms with Crippen LogP contribution < -0.4 is 14.8 Å². The van der Waals surface area contributed by atoms with E-state index in [4.69, 9.17) is 9.47 Å². The number of fused-ring (bicyclic) bond motifs is 1. The molecule has 8 heteroatoms. The third-order valence-corrected chi connectivity index (χ3v) is 7.19. The minimum Gasteiger partial charge on any atom is -0.616 e. The van der Waals surface area contributed by atoms with Gasteiger partial charge in [0.15, 0.2) is 0 Å². The van der Waals surface area contributed by atoms with Crippen molar-refractivity contribution in [1.82, 2.24) is 14.9 Å². The maximum Gasteiger partial charge on any atom is 0.141 e. The summed E-state index contributed by atoms with van der Waals surface area (Å²) in [7, 11) is 0. The van der Waals surface area contributed by atoms with Crippen molar-refractivity contribution in [3.63, 3.8) is 0 Å². The molecule has 0 saturated carbocycles. The molecule has 4 aromatic rings. The van der Waals surface area contributed by atoms with Crippen LogP contribution in [-0.4, -0.2) is 57.2 Å². The Balaban J connectivity index is 1.21. The second kappa shape index (κ2) is 11.4. The Labute approximate surface area is 208 Å².